The lowest BCUT2D eigenvalue weighted by Crippen LogP contribution is -2.08. The van der Waals surface area contributed by atoms with E-state index in [0.29, 0.717) is 11.0 Å². The molecule has 0 aliphatic heterocycles. The summed E-state index contributed by atoms with van der Waals surface area (Å²) >= 11 is 3.12. The minimum Gasteiger partial charge on any atom is -0.385 e. The van der Waals surface area contributed by atoms with Gasteiger partial charge in [-0.3, -0.25) is 0 Å². The number of anilines is 1. The van der Waals surface area contributed by atoms with Crippen molar-refractivity contribution >= 4 is 21.6 Å². The molecule has 1 aromatic rings. The van der Waals surface area contributed by atoms with Crippen molar-refractivity contribution in [3.05, 3.63) is 28.5 Å². The molecular formula is C9H12BrFN2. The predicted molar refractivity (Wildman–Crippen MR) is 56.3 cm³/mol. The average Bonchev–Trinajstić information content (AvgIpc) is 2.12. The Kier molecular flexibility index (Phi) is 4.18. The second-order valence-corrected chi connectivity index (χ2v) is 3.55. The number of nitrogens with two attached hydrogens (primary N) is 1. The van der Waals surface area contributed by atoms with Crippen LogP contribution in [-0.4, -0.2) is 13.1 Å². The van der Waals surface area contributed by atoms with Crippen molar-refractivity contribution in [3.63, 3.8) is 0 Å². The van der Waals surface area contributed by atoms with Gasteiger partial charge in [-0.05, 0) is 47.1 Å². The van der Waals surface area contributed by atoms with Crippen LogP contribution in [0.15, 0.2) is 22.7 Å². The highest BCUT2D eigenvalue weighted by Crippen LogP contribution is 2.19. The normalized spacial score (nSPS) is 10.1. The van der Waals surface area contributed by atoms with Crippen molar-refractivity contribution < 1.29 is 4.39 Å². The highest BCUT2D eigenvalue weighted by molar-refractivity contribution is 9.10. The maximum Gasteiger partial charge on any atom is 0.137 e. The molecule has 72 valence electrons. The Morgan fingerprint density at radius 1 is 1.46 bits per heavy atom. The van der Waals surface area contributed by atoms with Crippen LogP contribution in [0.4, 0.5) is 10.1 Å². The summed E-state index contributed by atoms with van der Waals surface area (Å²) in [5, 5.41) is 3.14. The van der Waals surface area contributed by atoms with E-state index in [1.165, 1.54) is 6.07 Å². The Morgan fingerprint density at radius 3 is 2.85 bits per heavy atom. The van der Waals surface area contributed by atoms with Gasteiger partial charge in [0.15, 0.2) is 0 Å². The van der Waals surface area contributed by atoms with Crippen LogP contribution in [0.5, 0.6) is 0 Å². The summed E-state index contributed by atoms with van der Waals surface area (Å²) in [6.45, 7) is 1.48. The van der Waals surface area contributed by atoms with Gasteiger partial charge in [-0.2, -0.15) is 0 Å². The SMILES string of the molecule is NCCCNc1ccc(F)c(Br)c1. The molecule has 0 aliphatic rings. The first-order valence-electron chi connectivity index (χ1n) is 4.13. The standard InChI is InChI=1S/C9H12BrFN2/c10-8-6-7(2-3-9(8)11)13-5-1-4-12/h2-3,6,13H,1,4-5,12H2. The van der Waals surface area contributed by atoms with Crippen LogP contribution < -0.4 is 11.1 Å². The predicted octanol–water partition coefficient (Wildman–Crippen LogP) is 2.35. The van der Waals surface area contributed by atoms with E-state index in [0.717, 1.165) is 18.7 Å². The molecule has 0 radical (unpaired) electrons. The molecule has 1 aromatic carbocycles. The fourth-order valence-electron chi connectivity index (χ4n) is 0.941. The minimum atomic E-state index is -0.246. The van der Waals surface area contributed by atoms with Gasteiger partial charge in [0.1, 0.15) is 5.82 Å². The van der Waals surface area contributed by atoms with E-state index in [9.17, 15) is 4.39 Å². The molecular weight excluding hydrogens is 235 g/mol. The average molecular weight is 247 g/mol. The Hall–Kier alpha value is -0.610. The summed E-state index contributed by atoms with van der Waals surface area (Å²) in [6.07, 6.45) is 0.912. The van der Waals surface area contributed by atoms with Gasteiger partial charge in [-0.25, -0.2) is 4.39 Å². The quantitative estimate of drug-likeness (QED) is 0.801. The van der Waals surface area contributed by atoms with Crippen LogP contribution in [0.2, 0.25) is 0 Å². The van der Waals surface area contributed by atoms with Crippen LogP contribution in [0.1, 0.15) is 6.42 Å². The molecule has 0 atom stereocenters. The molecule has 13 heavy (non-hydrogen) atoms. The Labute approximate surface area is 85.4 Å². The monoisotopic (exact) mass is 246 g/mol. The van der Waals surface area contributed by atoms with Crippen molar-refractivity contribution in [1.82, 2.24) is 0 Å². The first-order valence-corrected chi connectivity index (χ1v) is 4.92. The number of hydrogen-bond acceptors (Lipinski definition) is 2. The van der Waals surface area contributed by atoms with E-state index in [2.05, 4.69) is 21.2 Å². The highest BCUT2D eigenvalue weighted by atomic mass is 79.9. The number of halogens is 2. The summed E-state index contributed by atoms with van der Waals surface area (Å²) in [7, 11) is 0. The fourth-order valence-corrected chi connectivity index (χ4v) is 1.32. The van der Waals surface area contributed by atoms with Gasteiger partial charge in [0.05, 0.1) is 4.47 Å². The second kappa shape index (κ2) is 5.19. The van der Waals surface area contributed by atoms with Gasteiger partial charge in [0.2, 0.25) is 0 Å². The zero-order chi connectivity index (χ0) is 9.68. The molecule has 0 aliphatic carbocycles. The van der Waals surface area contributed by atoms with E-state index < -0.39 is 0 Å². The van der Waals surface area contributed by atoms with Crippen LogP contribution in [0, 0.1) is 5.82 Å². The molecule has 0 spiro atoms. The van der Waals surface area contributed by atoms with Crippen LogP contribution in [0.3, 0.4) is 0 Å². The lowest BCUT2D eigenvalue weighted by atomic mass is 10.3. The van der Waals surface area contributed by atoms with Crippen LogP contribution in [0.25, 0.3) is 0 Å². The molecule has 3 N–H and O–H groups in total. The minimum absolute atomic E-state index is 0.246. The number of nitrogens with one attached hydrogen (secondary N) is 1. The Bertz CT molecular complexity index is 278. The molecule has 0 saturated carbocycles. The highest BCUT2D eigenvalue weighted by Gasteiger charge is 1.98. The molecule has 0 unspecified atom stereocenters. The maximum absolute atomic E-state index is 12.8. The van der Waals surface area contributed by atoms with Crippen LogP contribution in [-0.2, 0) is 0 Å². The van der Waals surface area contributed by atoms with E-state index >= 15 is 0 Å². The molecule has 0 saturated heterocycles. The molecule has 4 heteroatoms. The molecule has 0 aromatic heterocycles. The molecule has 1 rings (SSSR count). The Morgan fingerprint density at radius 2 is 2.23 bits per heavy atom. The third kappa shape index (κ3) is 3.32. The van der Waals surface area contributed by atoms with Gasteiger partial charge in [0.25, 0.3) is 0 Å². The molecule has 0 fully saturated rings. The number of hydrogen-bond donors (Lipinski definition) is 2. The third-order valence-corrected chi connectivity index (χ3v) is 2.24. The zero-order valence-corrected chi connectivity index (χ0v) is 8.77. The van der Waals surface area contributed by atoms with Crippen molar-refractivity contribution in [3.8, 4) is 0 Å². The molecule has 2 nitrogen and oxygen atoms in total. The van der Waals surface area contributed by atoms with Crippen molar-refractivity contribution in [2.24, 2.45) is 5.73 Å². The lowest BCUT2D eigenvalue weighted by Gasteiger charge is -2.05. The number of rotatable bonds is 4. The smallest absolute Gasteiger partial charge is 0.137 e. The summed E-state index contributed by atoms with van der Waals surface area (Å²) in [5.74, 6) is -0.246. The van der Waals surface area contributed by atoms with Crippen molar-refractivity contribution in [2.75, 3.05) is 18.4 Å². The summed E-state index contributed by atoms with van der Waals surface area (Å²) in [4.78, 5) is 0. The molecule has 0 heterocycles. The van der Waals surface area contributed by atoms with Crippen molar-refractivity contribution in [1.29, 1.82) is 0 Å². The summed E-state index contributed by atoms with van der Waals surface area (Å²) in [6, 6.07) is 4.84. The lowest BCUT2D eigenvalue weighted by molar-refractivity contribution is 0.621. The first-order chi connectivity index (χ1) is 6.24. The van der Waals surface area contributed by atoms with E-state index in [1.807, 2.05) is 0 Å². The third-order valence-electron chi connectivity index (χ3n) is 1.63. The number of benzene rings is 1. The van der Waals surface area contributed by atoms with Gasteiger partial charge in [-0.15, -0.1) is 0 Å². The fraction of sp³-hybridized carbons (Fsp3) is 0.333. The molecule has 0 amide bonds. The summed E-state index contributed by atoms with van der Waals surface area (Å²) < 4.78 is 13.3. The van der Waals surface area contributed by atoms with Crippen LogP contribution >= 0.6 is 15.9 Å². The topological polar surface area (TPSA) is 38.0 Å². The van der Waals surface area contributed by atoms with E-state index in [-0.39, 0.29) is 5.82 Å². The Balaban J connectivity index is 2.53. The van der Waals surface area contributed by atoms with Crippen molar-refractivity contribution in [2.45, 2.75) is 6.42 Å². The largest absolute Gasteiger partial charge is 0.385 e. The zero-order valence-electron chi connectivity index (χ0n) is 7.19. The van der Waals surface area contributed by atoms with Gasteiger partial charge < -0.3 is 11.1 Å². The van der Waals surface area contributed by atoms with Gasteiger partial charge in [-0.1, -0.05) is 0 Å². The van der Waals surface area contributed by atoms with Gasteiger partial charge >= 0.3 is 0 Å². The maximum atomic E-state index is 12.8. The molecule has 0 bridgehead atoms. The summed E-state index contributed by atoms with van der Waals surface area (Å²) in [5.41, 5.74) is 6.24. The first kappa shape index (κ1) is 10.5. The van der Waals surface area contributed by atoms with Gasteiger partial charge in [0, 0.05) is 12.2 Å². The van der Waals surface area contributed by atoms with E-state index in [1.54, 1.807) is 12.1 Å². The second-order valence-electron chi connectivity index (χ2n) is 2.70. The van der Waals surface area contributed by atoms with E-state index in [4.69, 9.17) is 5.73 Å².